The minimum absolute atomic E-state index is 2.02. The highest BCUT2D eigenvalue weighted by atomic mass is 19.4. The molecule has 0 spiro atoms. The number of benzene rings is 1. The van der Waals surface area contributed by atoms with Crippen LogP contribution in [0.15, 0.2) is 0 Å². The molecule has 0 amide bonds. The Hall–Kier alpha value is -1.51. The molecule has 3 N–H and O–H groups in total. The van der Waals surface area contributed by atoms with E-state index in [0.29, 0.717) is 0 Å². The molecule has 0 fully saturated rings. The first-order valence-electron chi connectivity index (χ1n) is 3.96. The first kappa shape index (κ1) is 13.6. The van der Waals surface area contributed by atoms with Crippen molar-refractivity contribution < 1.29 is 35.8 Å². The molecule has 96 valence electrons. The van der Waals surface area contributed by atoms with Crippen LogP contribution in [0.2, 0.25) is 0 Å². The highest BCUT2D eigenvalue weighted by molar-refractivity contribution is 5.35. The van der Waals surface area contributed by atoms with Crippen molar-refractivity contribution in [3.05, 3.63) is 28.8 Å². The molecule has 0 bridgehead atoms. The van der Waals surface area contributed by atoms with Gasteiger partial charge in [-0.15, -0.1) is 0 Å². The summed E-state index contributed by atoms with van der Waals surface area (Å²) in [6.07, 6.45) is -5.29. The molecule has 9 heteroatoms. The molecule has 1 aromatic carbocycles. The number of alkyl halides is 3. The lowest BCUT2D eigenvalue weighted by atomic mass is 10.0. The Bertz CT molecular complexity index is 427. The Morgan fingerprint density at radius 1 is 0.882 bits per heavy atom. The zero-order valence-corrected chi connectivity index (χ0v) is 7.75. The summed E-state index contributed by atoms with van der Waals surface area (Å²) in [7, 11) is 0. The molecule has 17 heavy (non-hydrogen) atoms. The zero-order valence-electron chi connectivity index (χ0n) is 7.75. The van der Waals surface area contributed by atoms with Crippen molar-refractivity contribution in [2.24, 2.45) is 5.73 Å². The molecule has 0 radical (unpaired) electrons. The lowest BCUT2D eigenvalue weighted by Crippen LogP contribution is -2.31. The van der Waals surface area contributed by atoms with E-state index >= 15 is 0 Å². The molecule has 0 unspecified atom stereocenters. The predicted octanol–water partition coefficient (Wildman–Crippen LogP) is 2.51. The number of aromatic hydroxyl groups is 1. The zero-order chi connectivity index (χ0) is 13.5. The standard InChI is InChI=1S/C8H4F7NO/c9-2-1(7(16)8(13,14)15)3(10)5(12)6(17)4(2)11/h7,17H,16H2/t7-/m0/s1. The molecule has 1 rings (SSSR count). The maximum atomic E-state index is 13.0. The maximum Gasteiger partial charge on any atom is 0.407 e. The first-order valence-corrected chi connectivity index (χ1v) is 3.96. The van der Waals surface area contributed by atoms with E-state index in [0.717, 1.165) is 0 Å². The van der Waals surface area contributed by atoms with Crippen LogP contribution in [0.5, 0.6) is 5.75 Å². The third-order valence-electron chi connectivity index (χ3n) is 1.94. The van der Waals surface area contributed by atoms with Crippen molar-refractivity contribution in [1.82, 2.24) is 0 Å². The molecule has 0 aliphatic heterocycles. The Morgan fingerprint density at radius 3 is 1.53 bits per heavy atom. The fourth-order valence-electron chi connectivity index (χ4n) is 1.07. The molecule has 0 saturated carbocycles. The fourth-order valence-corrected chi connectivity index (χ4v) is 1.07. The molecule has 0 aliphatic carbocycles. The summed E-state index contributed by atoms with van der Waals surface area (Å²) in [6.45, 7) is 0. The van der Waals surface area contributed by atoms with E-state index in [-0.39, 0.29) is 0 Å². The van der Waals surface area contributed by atoms with Crippen LogP contribution in [0.25, 0.3) is 0 Å². The van der Waals surface area contributed by atoms with E-state index in [2.05, 4.69) is 5.73 Å². The molecule has 2 nitrogen and oxygen atoms in total. The monoisotopic (exact) mass is 263 g/mol. The van der Waals surface area contributed by atoms with Gasteiger partial charge in [-0.25, -0.2) is 8.78 Å². The molecule has 0 aromatic heterocycles. The van der Waals surface area contributed by atoms with Gasteiger partial charge in [0.2, 0.25) is 11.6 Å². The van der Waals surface area contributed by atoms with E-state index in [1.165, 1.54) is 0 Å². The number of phenols is 1. The number of halogens is 7. The summed E-state index contributed by atoms with van der Waals surface area (Å²) in [5.74, 6) is -11.5. The van der Waals surface area contributed by atoms with Crippen molar-refractivity contribution >= 4 is 0 Å². The van der Waals surface area contributed by atoms with Gasteiger partial charge < -0.3 is 10.8 Å². The van der Waals surface area contributed by atoms with Gasteiger partial charge in [0.05, 0.1) is 5.56 Å². The molecule has 1 aromatic rings. The fraction of sp³-hybridized carbons (Fsp3) is 0.250. The van der Waals surface area contributed by atoms with E-state index in [4.69, 9.17) is 5.11 Å². The number of nitrogens with two attached hydrogens (primary N) is 1. The van der Waals surface area contributed by atoms with Crippen molar-refractivity contribution in [1.29, 1.82) is 0 Å². The average molecular weight is 263 g/mol. The molecular weight excluding hydrogens is 259 g/mol. The summed E-state index contributed by atoms with van der Waals surface area (Å²) in [6, 6.07) is -3.24. The number of phenolic OH excluding ortho intramolecular Hbond substituents is 1. The highest BCUT2D eigenvalue weighted by Gasteiger charge is 2.43. The van der Waals surface area contributed by atoms with Crippen LogP contribution in [-0.4, -0.2) is 11.3 Å². The van der Waals surface area contributed by atoms with Crippen LogP contribution < -0.4 is 5.73 Å². The lowest BCUT2D eigenvalue weighted by molar-refractivity contribution is -0.150. The van der Waals surface area contributed by atoms with Crippen LogP contribution in [0, 0.1) is 23.3 Å². The SMILES string of the molecule is N[C@@H](c1c(F)c(F)c(O)c(F)c1F)C(F)(F)F. The van der Waals surface area contributed by atoms with Gasteiger partial charge in [-0.3, -0.25) is 0 Å². The molecule has 1 atom stereocenters. The second-order valence-electron chi connectivity index (χ2n) is 3.04. The second-order valence-corrected chi connectivity index (χ2v) is 3.04. The van der Waals surface area contributed by atoms with E-state index in [9.17, 15) is 30.7 Å². The number of hydrogen-bond donors (Lipinski definition) is 2. The minimum Gasteiger partial charge on any atom is -0.503 e. The van der Waals surface area contributed by atoms with Crippen molar-refractivity contribution in [2.75, 3.05) is 0 Å². The van der Waals surface area contributed by atoms with Gasteiger partial charge in [-0.2, -0.15) is 22.0 Å². The minimum atomic E-state index is -5.29. The quantitative estimate of drug-likeness (QED) is 0.604. The van der Waals surface area contributed by atoms with Crippen LogP contribution in [0.1, 0.15) is 11.6 Å². The third kappa shape index (κ3) is 2.14. The topological polar surface area (TPSA) is 46.2 Å². The van der Waals surface area contributed by atoms with Gasteiger partial charge in [0.15, 0.2) is 17.4 Å². The van der Waals surface area contributed by atoms with Gasteiger partial charge in [0.1, 0.15) is 6.04 Å². The summed E-state index contributed by atoms with van der Waals surface area (Å²) < 4.78 is 87.7. The second kappa shape index (κ2) is 4.06. The maximum absolute atomic E-state index is 13.0. The average Bonchev–Trinajstić information content (AvgIpc) is 2.22. The van der Waals surface area contributed by atoms with Gasteiger partial charge in [0, 0.05) is 0 Å². The van der Waals surface area contributed by atoms with Gasteiger partial charge >= 0.3 is 6.18 Å². The van der Waals surface area contributed by atoms with Crippen molar-refractivity contribution in [2.45, 2.75) is 12.2 Å². The Morgan fingerprint density at radius 2 is 1.24 bits per heavy atom. The van der Waals surface area contributed by atoms with Crippen molar-refractivity contribution in [3.63, 3.8) is 0 Å². The molecule has 0 heterocycles. The van der Waals surface area contributed by atoms with Crippen LogP contribution in [0.4, 0.5) is 30.7 Å². The Kier molecular flexibility index (Phi) is 3.24. The smallest absolute Gasteiger partial charge is 0.407 e. The predicted molar refractivity (Wildman–Crippen MR) is 40.9 cm³/mol. The van der Waals surface area contributed by atoms with Gasteiger partial charge in [0.25, 0.3) is 0 Å². The summed E-state index contributed by atoms with van der Waals surface area (Å²) in [5, 5.41) is 8.52. The third-order valence-corrected chi connectivity index (χ3v) is 1.94. The molecule has 0 aliphatic rings. The normalized spacial score (nSPS) is 13.9. The number of rotatable bonds is 1. The first-order chi connectivity index (χ1) is 7.59. The van der Waals surface area contributed by atoms with Gasteiger partial charge in [-0.1, -0.05) is 0 Å². The van der Waals surface area contributed by atoms with Gasteiger partial charge in [-0.05, 0) is 0 Å². The van der Waals surface area contributed by atoms with Crippen molar-refractivity contribution in [3.8, 4) is 5.75 Å². The van der Waals surface area contributed by atoms with Crippen LogP contribution in [-0.2, 0) is 0 Å². The molecule has 0 saturated heterocycles. The Balaban J connectivity index is 3.55. The largest absolute Gasteiger partial charge is 0.503 e. The Labute approximate surface area is 89.5 Å². The van der Waals surface area contributed by atoms with Crippen LogP contribution in [0.3, 0.4) is 0 Å². The summed E-state index contributed by atoms with van der Waals surface area (Å²) in [5.41, 5.74) is 2.42. The van der Waals surface area contributed by atoms with E-state index in [1.54, 1.807) is 0 Å². The highest BCUT2D eigenvalue weighted by Crippen LogP contribution is 2.37. The molecular formula is C8H4F7NO. The summed E-state index contributed by atoms with van der Waals surface area (Å²) in [4.78, 5) is 0. The van der Waals surface area contributed by atoms with Crippen LogP contribution >= 0.6 is 0 Å². The van der Waals surface area contributed by atoms with E-state index < -0.39 is 46.8 Å². The number of hydrogen-bond acceptors (Lipinski definition) is 2. The summed E-state index contributed by atoms with van der Waals surface area (Å²) >= 11 is 0. The lowest BCUT2D eigenvalue weighted by Gasteiger charge is -2.18. The van der Waals surface area contributed by atoms with E-state index in [1.807, 2.05) is 0 Å².